The van der Waals surface area contributed by atoms with E-state index in [1.165, 1.54) is 12.1 Å². The molecule has 2 aliphatic rings. The van der Waals surface area contributed by atoms with E-state index in [4.69, 9.17) is 0 Å². The van der Waals surface area contributed by atoms with Crippen LogP contribution in [0.3, 0.4) is 0 Å². The van der Waals surface area contributed by atoms with Crippen molar-refractivity contribution in [3.63, 3.8) is 0 Å². The molecule has 12 heteroatoms. The van der Waals surface area contributed by atoms with E-state index in [1.54, 1.807) is 0 Å². The van der Waals surface area contributed by atoms with E-state index >= 15 is 0 Å². The first-order chi connectivity index (χ1) is 14.6. The standard InChI is InChI=1S/C20H17F5N4O2.ClH/c21-14-3-1-2-12(16(14)22)11-28-18(31)29(17(30)19(28)5-8-26-9-6-19)15-10-13(4-7-27-15)20(23,24)25;/h1-4,7,10,26H,5-6,8-9,11H2;1H. The molecule has 0 atom stereocenters. The Balaban J connectivity index is 0.00000289. The lowest BCUT2D eigenvalue weighted by Crippen LogP contribution is -2.55. The molecule has 0 bridgehead atoms. The number of hydrogen-bond donors (Lipinski definition) is 1. The SMILES string of the molecule is Cl.O=C1N(c2cc(C(F)(F)F)ccn2)C(=O)C2(CCNCC2)N1Cc1cccc(F)c1F. The minimum atomic E-state index is -4.69. The van der Waals surface area contributed by atoms with E-state index in [9.17, 15) is 31.5 Å². The molecular weight excluding hydrogens is 459 g/mol. The molecule has 0 unspecified atom stereocenters. The Morgan fingerprint density at radius 2 is 1.78 bits per heavy atom. The smallest absolute Gasteiger partial charge is 0.317 e. The summed E-state index contributed by atoms with van der Waals surface area (Å²) in [6.07, 6.45) is -3.49. The number of carbonyl (C=O) groups is 2. The molecule has 2 fully saturated rings. The van der Waals surface area contributed by atoms with Gasteiger partial charge < -0.3 is 10.2 Å². The number of carbonyl (C=O) groups excluding carboxylic acids is 2. The average molecular weight is 477 g/mol. The predicted octanol–water partition coefficient (Wildman–Crippen LogP) is 3.89. The van der Waals surface area contributed by atoms with Crippen molar-refractivity contribution in [2.75, 3.05) is 18.0 Å². The summed E-state index contributed by atoms with van der Waals surface area (Å²) in [5, 5.41) is 3.05. The Hall–Kier alpha value is -2.79. The summed E-state index contributed by atoms with van der Waals surface area (Å²) in [7, 11) is 0. The van der Waals surface area contributed by atoms with Gasteiger partial charge in [-0.2, -0.15) is 13.2 Å². The van der Waals surface area contributed by atoms with Gasteiger partial charge in [-0.3, -0.25) is 4.79 Å². The van der Waals surface area contributed by atoms with Crippen LogP contribution in [0.1, 0.15) is 24.0 Å². The second-order valence-corrected chi connectivity index (χ2v) is 7.40. The van der Waals surface area contributed by atoms with Crippen molar-refractivity contribution >= 4 is 30.2 Å². The number of nitrogens with zero attached hydrogens (tertiary/aromatic N) is 3. The molecule has 4 rings (SSSR count). The molecule has 172 valence electrons. The van der Waals surface area contributed by atoms with Crippen LogP contribution in [0.2, 0.25) is 0 Å². The van der Waals surface area contributed by atoms with E-state index in [-0.39, 0.29) is 30.8 Å². The van der Waals surface area contributed by atoms with Gasteiger partial charge in [0.2, 0.25) is 0 Å². The van der Waals surface area contributed by atoms with Gasteiger partial charge in [-0.15, -0.1) is 12.4 Å². The lowest BCUT2D eigenvalue weighted by molar-refractivity contribution is -0.137. The first kappa shape index (κ1) is 23.9. The Bertz CT molecular complexity index is 1040. The van der Waals surface area contributed by atoms with Gasteiger partial charge in [0.1, 0.15) is 11.4 Å². The summed E-state index contributed by atoms with van der Waals surface area (Å²) < 4.78 is 67.3. The third-order valence-corrected chi connectivity index (χ3v) is 5.63. The number of amides is 3. The van der Waals surface area contributed by atoms with Crippen molar-refractivity contribution in [3.8, 4) is 0 Å². The van der Waals surface area contributed by atoms with Crippen molar-refractivity contribution in [1.29, 1.82) is 0 Å². The van der Waals surface area contributed by atoms with Crippen LogP contribution in [-0.4, -0.2) is 40.5 Å². The molecule has 0 aliphatic carbocycles. The zero-order valence-corrected chi connectivity index (χ0v) is 17.3. The zero-order valence-electron chi connectivity index (χ0n) is 16.5. The van der Waals surface area contributed by atoms with Gasteiger partial charge in [-0.25, -0.2) is 23.5 Å². The van der Waals surface area contributed by atoms with Gasteiger partial charge in [-0.1, -0.05) is 12.1 Å². The van der Waals surface area contributed by atoms with Crippen molar-refractivity contribution < 1.29 is 31.5 Å². The van der Waals surface area contributed by atoms with Crippen molar-refractivity contribution in [3.05, 3.63) is 59.3 Å². The maximum atomic E-state index is 14.3. The summed E-state index contributed by atoms with van der Waals surface area (Å²) >= 11 is 0. The van der Waals surface area contributed by atoms with E-state index in [0.29, 0.717) is 24.1 Å². The topological polar surface area (TPSA) is 65.5 Å². The molecule has 2 aromatic rings. The van der Waals surface area contributed by atoms with E-state index in [2.05, 4.69) is 10.3 Å². The molecule has 1 spiro atoms. The Kier molecular flexibility index (Phi) is 6.43. The number of halogens is 6. The molecule has 6 nitrogen and oxygen atoms in total. The monoisotopic (exact) mass is 476 g/mol. The number of nitrogens with one attached hydrogen (secondary N) is 1. The summed E-state index contributed by atoms with van der Waals surface area (Å²) in [5.41, 5.74) is -2.60. The number of piperidine rings is 1. The lowest BCUT2D eigenvalue weighted by Gasteiger charge is -2.38. The number of anilines is 1. The van der Waals surface area contributed by atoms with Gasteiger partial charge in [0.25, 0.3) is 5.91 Å². The summed E-state index contributed by atoms with van der Waals surface area (Å²) in [5.74, 6) is -3.46. The van der Waals surface area contributed by atoms with Gasteiger partial charge >= 0.3 is 12.2 Å². The first-order valence-electron chi connectivity index (χ1n) is 9.48. The van der Waals surface area contributed by atoms with Crippen molar-refractivity contribution in [1.82, 2.24) is 15.2 Å². The first-order valence-corrected chi connectivity index (χ1v) is 9.48. The quantitative estimate of drug-likeness (QED) is 0.539. The highest BCUT2D eigenvalue weighted by Crippen LogP contribution is 2.40. The number of aromatic nitrogens is 1. The van der Waals surface area contributed by atoms with Crippen molar-refractivity contribution in [2.24, 2.45) is 0 Å². The van der Waals surface area contributed by atoms with Crippen molar-refractivity contribution in [2.45, 2.75) is 31.1 Å². The maximum absolute atomic E-state index is 14.3. The zero-order chi connectivity index (χ0) is 22.4. The summed E-state index contributed by atoms with van der Waals surface area (Å²) in [4.78, 5) is 32.1. The third kappa shape index (κ3) is 3.90. The third-order valence-electron chi connectivity index (χ3n) is 5.63. The van der Waals surface area contributed by atoms with Gasteiger partial charge in [0.05, 0.1) is 12.1 Å². The van der Waals surface area contributed by atoms with Crippen LogP contribution in [0.15, 0.2) is 36.5 Å². The van der Waals surface area contributed by atoms with E-state index in [0.717, 1.165) is 23.2 Å². The number of alkyl halides is 3. The molecule has 3 heterocycles. The number of benzene rings is 1. The minimum Gasteiger partial charge on any atom is -0.317 e. The van der Waals surface area contributed by atoms with Gasteiger partial charge in [-0.05, 0) is 44.1 Å². The van der Waals surface area contributed by atoms with Gasteiger partial charge in [0, 0.05) is 11.8 Å². The molecular formula is C20H18ClF5N4O2. The molecule has 2 aliphatic heterocycles. The number of imide groups is 1. The molecule has 2 saturated heterocycles. The van der Waals surface area contributed by atoms with Crippen LogP contribution in [0, 0.1) is 11.6 Å². The molecule has 0 radical (unpaired) electrons. The largest absolute Gasteiger partial charge is 0.416 e. The summed E-state index contributed by atoms with van der Waals surface area (Å²) in [6.45, 7) is 0.319. The molecule has 1 aromatic carbocycles. The van der Waals surface area contributed by atoms with E-state index < -0.39 is 53.2 Å². The fourth-order valence-corrected chi connectivity index (χ4v) is 4.02. The highest BCUT2D eigenvalue weighted by molar-refractivity contribution is 6.22. The fourth-order valence-electron chi connectivity index (χ4n) is 4.02. The second kappa shape index (κ2) is 8.62. The molecule has 1 N–H and O–H groups in total. The highest BCUT2D eigenvalue weighted by Gasteiger charge is 2.58. The fraction of sp³-hybridized carbons (Fsp3) is 0.350. The number of urea groups is 1. The lowest BCUT2D eigenvalue weighted by atomic mass is 9.86. The van der Waals surface area contributed by atoms with Crippen LogP contribution < -0.4 is 10.2 Å². The van der Waals surface area contributed by atoms with Crippen LogP contribution in [0.4, 0.5) is 32.6 Å². The molecule has 0 saturated carbocycles. The van der Waals surface area contributed by atoms with Crippen LogP contribution in [-0.2, 0) is 17.5 Å². The Labute approximate surface area is 185 Å². The Morgan fingerprint density at radius 3 is 2.44 bits per heavy atom. The van der Waals surface area contributed by atoms with Crippen LogP contribution in [0.25, 0.3) is 0 Å². The number of rotatable bonds is 3. The maximum Gasteiger partial charge on any atom is 0.416 e. The van der Waals surface area contributed by atoms with Gasteiger partial charge in [0.15, 0.2) is 11.6 Å². The second-order valence-electron chi connectivity index (χ2n) is 7.40. The predicted molar refractivity (Wildman–Crippen MR) is 106 cm³/mol. The summed E-state index contributed by atoms with van der Waals surface area (Å²) in [6, 6.07) is 3.91. The molecule has 1 aromatic heterocycles. The van der Waals surface area contributed by atoms with Crippen LogP contribution in [0.5, 0.6) is 0 Å². The minimum absolute atomic E-state index is 0. The molecule has 32 heavy (non-hydrogen) atoms. The average Bonchev–Trinajstić information content (AvgIpc) is 2.92. The molecule has 3 amide bonds. The van der Waals surface area contributed by atoms with E-state index in [1.807, 2.05) is 0 Å². The Morgan fingerprint density at radius 1 is 1.09 bits per heavy atom. The highest BCUT2D eigenvalue weighted by atomic mass is 35.5. The van der Waals surface area contributed by atoms with Crippen LogP contribution >= 0.6 is 12.4 Å². The number of hydrogen-bond acceptors (Lipinski definition) is 4. The number of pyridine rings is 1. The normalized spacial score (nSPS) is 18.3.